The molecule has 1 saturated carbocycles. The van der Waals surface area contributed by atoms with Crippen LogP contribution in [0.4, 0.5) is 5.69 Å². The van der Waals surface area contributed by atoms with E-state index in [-0.39, 0.29) is 37.1 Å². The number of anilines is 1. The Morgan fingerprint density at radius 3 is 2.19 bits per heavy atom. The Balaban J connectivity index is 1.20. The third-order valence-corrected chi connectivity index (χ3v) is 7.28. The first-order valence-electron chi connectivity index (χ1n) is 12.6. The predicted molar refractivity (Wildman–Crippen MR) is 146 cm³/mol. The topological polar surface area (TPSA) is 95.5 Å². The van der Waals surface area contributed by atoms with Crippen molar-refractivity contribution in [3.8, 4) is 11.1 Å². The van der Waals surface area contributed by atoms with Gasteiger partial charge in [0.15, 0.2) is 0 Å². The van der Waals surface area contributed by atoms with Gasteiger partial charge in [0.05, 0.1) is 0 Å². The lowest BCUT2D eigenvalue weighted by atomic mass is 9.77. The van der Waals surface area contributed by atoms with Crippen LogP contribution in [0.1, 0.15) is 60.4 Å². The van der Waals surface area contributed by atoms with E-state index in [0.29, 0.717) is 16.5 Å². The molecule has 1 fully saturated rings. The molecule has 4 rings (SSSR count). The molecule has 2 amide bonds. The van der Waals surface area contributed by atoms with Gasteiger partial charge in [0.2, 0.25) is 5.91 Å². The number of halogens is 1. The fourth-order valence-electron chi connectivity index (χ4n) is 4.90. The monoisotopic (exact) mass is 518 g/mol. The number of carboxylic acid groups (broad SMARTS) is 1. The molecule has 1 aliphatic carbocycles. The Kier molecular flexibility index (Phi) is 8.96. The Labute approximate surface area is 222 Å². The molecule has 0 atom stereocenters. The molecule has 3 aromatic carbocycles. The Bertz CT molecular complexity index is 1230. The molecule has 1 aliphatic rings. The molecular weight excluding hydrogens is 488 g/mol. The first-order valence-corrected chi connectivity index (χ1v) is 13.0. The molecule has 3 N–H and O–H groups in total. The molecule has 37 heavy (non-hydrogen) atoms. The third-order valence-electron chi connectivity index (χ3n) is 6.95. The largest absolute Gasteiger partial charge is 0.481 e. The normalized spacial score (nSPS) is 17.1. The van der Waals surface area contributed by atoms with E-state index < -0.39 is 5.97 Å². The minimum atomic E-state index is -0.716. The molecular formula is C30H31ClN2O4. The van der Waals surface area contributed by atoms with E-state index in [2.05, 4.69) is 10.6 Å². The van der Waals surface area contributed by atoms with Gasteiger partial charge in [-0.1, -0.05) is 54.1 Å². The molecule has 0 unspecified atom stereocenters. The number of hydrogen-bond donors (Lipinski definition) is 3. The van der Waals surface area contributed by atoms with Crippen LogP contribution in [-0.2, 0) is 9.59 Å². The van der Waals surface area contributed by atoms with Crippen LogP contribution in [0.3, 0.4) is 0 Å². The second kappa shape index (κ2) is 12.5. The number of benzene rings is 3. The van der Waals surface area contributed by atoms with Crippen molar-refractivity contribution in [3.63, 3.8) is 0 Å². The van der Waals surface area contributed by atoms with Gasteiger partial charge in [-0.3, -0.25) is 14.4 Å². The van der Waals surface area contributed by atoms with E-state index in [9.17, 15) is 14.4 Å². The first-order chi connectivity index (χ1) is 17.9. The van der Waals surface area contributed by atoms with E-state index in [1.165, 1.54) is 5.56 Å². The molecule has 7 heteroatoms. The first kappa shape index (κ1) is 26.4. The fraction of sp³-hybridized carbons (Fsp3) is 0.300. The van der Waals surface area contributed by atoms with Crippen LogP contribution in [0, 0.1) is 5.92 Å². The lowest BCUT2D eigenvalue weighted by Gasteiger charge is -2.28. The van der Waals surface area contributed by atoms with Crippen molar-refractivity contribution in [2.75, 3.05) is 11.9 Å². The predicted octanol–water partition coefficient (Wildman–Crippen LogP) is 6.51. The highest BCUT2D eigenvalue weighted by molar-refractivity contribution is 6.33. The Hall–Kier alpha value is -3.64. The van der Waals surface area contributed by atoms with Gasteiger partial charge >= 0.3 is 5.97 Å². The number of amides is 2. The maximum absolute atomic E-state index is 12.5. The van der Waals surface area contributed by atoms with Crippen LogP contribution < -0.4 is 10.6 Å². The van der Waals surface area contributed by atoms with E-state index in [1.807, 2.05) is 60.7 Å². The number of aliphatic carboxylic acids is 1. The van der Waals surface area contributed by atoms with Gasteiger partial charge in [-0.2, -0.15) is 0 Å². The van der Waals surface area contributed by atoms with Gasteiger partial charge in [0.25, 0.3) is 5.91 Å². The summed E-state index contributed by atoms with van der Waals surface area (Å²) in [5, 5.41) is 15.3. The molecule has 0 heterocycles. The number of hydrogen-bond acceptors (Lipinski definition) is 3. The molecule has 0 bridgehead atoms. The molecule has 3 aromatic rings. The molecule has 0 saturated heterocycles. The summed E-state index contributed by atoms with van der Waals surface area (Å²) in [5.74, 6) is -0.409. The summed E-state index contributed by atoms with van der Waals surface area (Å²) < 4.78 is 0. The standard InChI is InChI=1S/C30H31ClN2O4/c31-27-4-2-1-3-26(27)23-9-11-24(12-10-23)30(37)32-18-17-28(34)33-25-15-13-22(14-16-25)21-7-5-20(6-8-21)19-29(35)36/h1-4,9-16,20-21H,5-8,17-19H2,(H,32,37)(H,33,34)(H,35,36)/t20-,21-. The summed E-state index contributed by atoms with van der Waals surface area (Å²) in [6, 6.07) is 22.6. The van der Waals surface area contributed by atoms with Crippen LogP contribution in [-0.4, -0.2) is 29.4 Å². The van der Waals surface area contributed by atoms with Crippen LogP contribution in [0.15, 0.2) is 72.8 Å². The van der Waals surface area contributed by atoms with Crippen molar-refractivity contribution in [1.29, 1.82) is 0 Å². The quantitative estimate of drug-likeness (QED) is 0.300. The Morgan fingerprint density at radius 1 is 0.865 bits per heavy atom. The number of rotatable bonds is 9. The average molecular weight is 519 g/mol. The summed E-state index contributed by atoms with van der Waals surface area (Å²) in [5.41, 5.74) is 4.29. The van der Waals surface area contributed by atoms with Crippen molar-refractivity contribution in [3.05, 3.63) is 88.9 Å². The summed E-state index contributed by atoms with van der Waals surface area (Å²) in [7, 11) is 0. The summed E-state index contributed by atoms with van der Waals surface area (Å²) in [6.45, 7) is 0.231. The average Bonchev–Trinajstić information content (AvgIpc) is 2.90. The van der Waals surface area contributed by atoms with Gasteiger partial charge in [-0.15, -0.1) is 0 Å². The van der Waals surface area contributed by atoms with E-state index >= 15 is 0 Å². The number of nitrogens with one attached hydrogen (secondary N) is 2. The molecule has 0 aliphatic heterocycles. The van der Waals surface area contributed by atoms with Crippen molar-refractivity contribution in [1.82, 2.24) is 5.32 Å². The third kappa shape index (κ3) is 7.43. The Morgan fingerprint density at radius 2 is 1.54 bits per heavy atom. The summed E-state index contributed by atoms with van der Waals surface area (Å²) in [6.07, 6.45) is 4.28. The molecule has 192 valence electrons. The SMILES string of the molecule is O=C(O)C[C@H]1CC[C@H](c2ccc(NC(=O)CCNC(=O)c3ccc(-c4ccccc4Cl)cc3)cc2)CC1. The lowest BCUT2D eigenvalue weighted by molar-refractivity contribution is -0.138. The molecule has 0 spiro atoms. The maximum Gasteiger partial charge on any atom is 0.303 e. The van der Waals surface area contributed by atoms with Crippen LogP contribution >= 0.6 is 11.6 Å². The second-order valence-corrected chi connectivity index (χ2v) is 9.96. The van der Waals surface area contributed by atoms with Gasteiger partial charge in [0.1, 0.15) is 0 Å². The lowest BCUT2D eigenvalue weighted by Crippen LogP contribution is -2.27. The number of carbonyl (C=O) groups excluding carboxylic acids is 2. The van der Waals surface area contributed by atoms with Gasteiger partial charge in [0, 0.05) is 41.2 Å². The minimum absolute atomic E-state index is 0.165. The van der Waals surface area contributed by atoms with E-state index in [1.54, 1.807) is 12.1 Å². The number of carbonyl (C=O) groups is 3. The zero-order valence-electron chi connectivity index (χ0n) is 20.6. The van der Waals surface area contributed by atoms with E-state index in [0.717, 1.165) is 42.5 Å². The minimum Gasteiger partial charge on any atom is -0.481 e. The van der Waals surface area contributed by atoms with Gasteiger partial charge in [-0.25, -0.2) is 0 Å². The summed E-state index contributed by atoms with van der Waals surface area (Å²) in [4.78, 5) is 35.7. The highest BCUT2D eigenvalue weighted by Crippen LogP contribution is 2.37. The highest BCUT2D eigenvalue weighted by Gasteiger charge is 2.24. The van der Waals surface area contributed by atoms with Crippen LogP contribution in [0.25, 0.3) is 11.1 Å². The van der Waals surface area contributed by atoms with Crippen molar-refractivity contribution in [2.45, 2.75) is 44.4 Å². The fourth-order valence-corrected chi connectivity index (χ4v) is 5.14. The smallest absolute Gasteiger partial charge is 0.303 e. The van der Waals surface area contributed by atoms with Crippen LogP contribution in [0.5, 0.6) is 0 Å². The summed E-state index contributed by atoms with van der Waals surface area (Å²) >= 11 is 6.25. The van der Waals surface area contributed by atoms with Crippen molar-refractivity contribution >= 4 is 35.1 Å². The van der Waals surface area contributed by atoms with Crippen molar-refractivity contribution in [2.24, 2.45) is 5.92 Å². The highest BCUT2D eigenvalue weighted by atomic mass is 35.5. The van der Waals surface area contributed by atoms with Crippen LogP contribution in [0.2, 0.25) is 5.02 Å². The molecule has 6 nitrogen and oxygen atoms in total. The van der Waals surface area contributed by atoms with Gasteiger partial charge in [-0.05, 0) is 79.0 Å². The zero-order chi connectivity index (χ0) is 26.2. The zero-order valence-corrected chi connectivity index (χ0v) is 21.3. The maximum atomic E-state index is 12.5. The second-order valence-electron chi connectivity index (χ2n) is 9.55. The number of carboxylic acids is 1. The van der Waals surface area contributed by atoms with E-state index in [4.69, 9.17) is 16.7 Å². The molecule has 0 radical (unpaired) electrons. The molecule has 0 aromatic heterocycles. The van der Waals surface area contributed by atoms with Crippen molar-refractivity contribution < 1.29 is 19.5 Å². The van der Waals surface area contributed by atoms with Gasteiger partial charge < -0.3 is 15.7 Å².